The van der Waals surface area contributed by atoms with E-state index in [0.717, 1.165) is 9.61 Å². The molecule has 8 heteroatoms. The number of pyridine rings is 2. The van der Waals surface area contributed by atoms with Crippen LogP contribution in [0.5, 0.6) is 0 Å². The van der Waals surface area contributed by atoms with E-state index in [1.165, 1.54) is 6.20 Å². The number of hydrogen-bond donors (Lipinski definition) is 2. The lowest BCUT2D eigenvalue weighted by molar-refractivity contribution is -0.613. The maximum Gasteiger partial charge on any atom is 0.253 e. The van der Waals surface area contributed by atoms with Crippen LogP contribution < -0.4 is 10.0 Å². The van der Waals surface area contributed by atoms with Crippen LogP contribution >= 0.6 is 11.3 Å². The van der Waals surface area contributed by atoms with E-state index in [1.54, 1.807) is 41.8 Å². The number of nitrogens with one attached hydrogen (secondary N) is 2. The summed E-state index contributed by atoms with van der Waals surface area (Å²) < 4.78 is 0.803. The zero-order valence-corrected chi connectivity index (χ0v) is 14.5. The molecule has 0 aliphatic heterocycles. The molecule has 0 aliphatic carbocycles. The number of fused-ring (bicyclic) bond motifs is 1. The van der Waals surface area contributed by atoms with Crippen molar-refractivity contribution in [3.63, 3.8) is 0 Å². The second kappa shape index (κ2) is 6.93. The van der Waals surface area contributed by atoms with Crippen molar-refractivity contribution in [2.24, 2.45) is 0 Å². The van der Waals surface area contributed by atoms with E-state index in [9.17, 15) is 10.0 Å². The highest BCUT2D eigenvalue weighted by atomic mass is 32.1. The molecule has 4 rings (SSSR count). The molecule has 4 heterocycles. The quantitative estimate of drug-likeness (QED) is 0.419. The maximum absolute atomic E-state index is 12.6. The van der Waals surface area contributed by atoms with E-state index in [2.05, 4.69) is 20.3 Å². The molecule has 0 saturated heterocycles. The molecule has 0 unspecified atom stereocenters. The highest BCUT2D eigenvalue weighted by Gasteiger charge is 2.16. The number of carbonyl (C=O) groups excluding carboxylic acids is 1. The number of hydrogen-bond acceptors (Lipinski definition) is 5. The summed E-state index contributed by atoms with van der Waals surface area (Å²) in [4.78, 5) is 25.5. The summed E-state index contributed by atoms with van der Waals surface area (Å²) in [6.45, 7) is 0.358. The fourth-order valence-electron chi connectivity index (χ4n) is 2.68. The molecular weight excluding hydrogens is 350 g/mol. The average Bonchev–Trinajstić information content (AvgIpc) is 3.32. The van der Waals surface area contributed by atoms with E-state index in [0.29, 0.717) is 41.2 Å². The number of amides is 1. The number of nitrogens with zero attached hydrogens (tertiary/aromatic N) is 3. The Labute approximate surface area is 153 Å². The van der Waals surface area contributed by atoms with Crippen molar-refractivity contribution in [3.05, 3.63) is 70.6 Å². The molecule has 0 spiro atoms. The van der Waals surface area contributed by atoms with Gasteiger partial charge in [-0.15, -0.1) is 11.3 Å². The minimum absolute atomic E-state index is 0.241. The zero-order chi connectivity index (χ0) is 17.9. The Morgan fingerprint density at radius 3 is 3.00 bits per heavy atom. The van der Waals surface area contributed by atoms with Crippen LogP contribution in [0.4, 0.5) is 0 Å². The molecule has 4 aromatic heterocycles. The van der Waals surface area contributed by atoms with Gasteiger partial charge in [0.15, 0.2) is 17.5 Å². The number of rotatable bonds is 5. The van der Waals surface area contributed by atoms with E-state index in [1.807, 2.05) is 17.5 Å². The molecule has 0 radical (unpaired) electrons. The first-order valence-corrected chi connectivity index (χ1v) is 8.94. The van der Waals surface area contributed by atoms with Gasteiger partial charge in [-0.05, 0) is 17.5 Å². The van der Waals surface area contributed by atoms with Crippen molar-refractivity contribution in [1.29, 1.82) is 0 Å². The topological polar surface area (TPSA) is 97.6 Å². The number of aromatic nitrogens is 4. The van der Waals surface area contributed by atoms with Crippen LogP contribution in [0.3, 0.4) is 0 Å². The summed E-state index contributed by atoms with van der Waals surface area (Å²) in [5.74, 6) is 0.453. The Kier molecular flexibility index (Phi) is 4.32. The van der Waals surface area contributed by atoms with Gasteiger partial charge >= 0.3 is 0 Å². The molecule has 0 bridgehead atoms. The molecular formula is C18H15N5O2S. The average molecular weight is 365 g/mol. The van der Waals surface area contributed by atoms with Crippen LogP contribution in [0.25, 0.3) is 21.9 Å². The summed E-state index contributed by atoms with van der Waals surface area (Å²) >= 11 is 1.56. The molecule has 4 aromatic rings. The van der Waals surface area contributed by atoms with Gasteiger partial charge in [0.1, 0.15) is 11.3 Å². The van der Waals surface area contributed by atoms with Gasteiger partial charge in [-0.2, -0.15) is 4.73 Å². The third-order valence-corrected chi connectivity index (χ3v) is 4.83. The Balaban J connectivity index is 1.52. The fraction of sp³-hybridized carbons (Fsp3) is 0.111. The zero-order valence-electron chi connectivity index (χ0n) is 13.7. The minimum Gasteiger partial charge on any atom is -0.619 e. The molecule has 0 aliphatic rings. The van der Waals surface area contributed by atoms with Crippen LogP contribution in [0.1, 0.15) is 16.1 Å². The molecule has 26 heavy (non-hydrogen) atoms. The minimum atomic E-state index is -0.241. The first kappa shape index (κ1) is 16.2. The summed E-state index contributed by atoms with van der Waals surface area (Å²) in [5, 5.41) is 16.4. The Morgan fingerprint density at radius 1 is 1.27 bits per heavy atom. The van der Waals surface area contributed by atoms with Gasteiger partial charge in [0.05, 0.1) is 16.9 Å². The number of H-pyrrole nitrogens is 1. The molecule has 0 fully saturated rings. The first-order chi connectivity index (χ1) is 12.7. The van der Waals surface area contributed by atoms with Crippen LogP contribution in [0, 0.1) is 5.21 Å². The van der Waals surface area contributed by atoms with E-state index in [-0.39, 0.29) is 5.91 Å². The largest absolute Gasteiger partial charge is 0.619 e. The SMILES string of the molecule is O=C(NCCc1cccc[n+]1[O-])c1ccnc2[nH]c(-c3cccs3)nc12. The molecule has 0 saturated carbocycles. The molecule has 0 aromatic carbocycles. The van der Waals surface area contributed by atoms with E-state index < -0.39 is 0 Å². The van der Waals surface area contributed by atoms with Crippen molar-refractivity contribution in [3.8, 4) is 10.7 Å². The number of imidazole rings is 1. The van der Waals surface area contributed by atoms with Crippen molar-refractivity contribution < 1.29 is 9.52 Å². The molecule has 130 valence electrons. The Morgan fingerprint density at radius 2 is 2.19 bits per heavy atom. The third-order valence-electron chi connectivity index (χ3n) is 3.95. The lowest BCUT2D eigenvalue weighted by Gasteiger charge is -2.06. The monoisotopic (exact) mass is 365 g/mol. The number of aromatic amines is 1. The Bertz CT molecular complexity index is 1060. The van der Waals surface area contributed by atoms with E-state index in [4.69, 9.17) is 0 Å². The lowest BCUT2D eigenvalue weighted by atomic mass is 10.2. The first-order valence-electron chi connectivity index (χ1n) is 8.06. The molecule has 0 atom stereocenters. The maximum atomic E-state index is 12.6. The highest BCUT2D eigenvalue weighted by Crippen LogP contribution is 2.25. The number of carbonyl (C=O) groups is 1. The summed E-state index contributed by atoms with van der Waals surface area (Å²) in [6.07, 6.45) is 3.47. The molecule has 1 amide bonds. The van der Waals surface area contributed by atoms with Crippen LogP contribution in [0.2, 0.25) is 0 Å². The standard InChI is InChI=1S/C18H15N5O2S/c24-18(20-8-6-12-4-1-2-10-23(12)25)13-7-9-19-17-15(13)21-16(22-17)14-5-3-11-26-14/h1-5,7,9-11H,6,8H2,(H,20,24)(H,19,21,22). The van der Waals surface area contributed by atoms with E-state index >= 15 is 0 Å². The second-order valence-corrected chi connectivity index (χ2v) is 6.59. The lowest BCUT2D eigenvalue weighted by Crippen LogP contribution is -2.34. The van der Waals surface area contributed by atoms with Crippen molar-refractivity contribution in [2.45, 2.75) is 6.42 Å². The van der Waals surface area contributed by atoms with Crippen molar-refractivity contribution >= 4 is 28.4 Å². The Hall–Kier alpha value is -3.26. The molecule has 7 nitrogen and oxygen atoms in total. The predicted molar refractivity (Wildman–Crippen MR) is 98.6 cm³/mol. The normalized spacial score (nSPS) is 10.9. The smallest absolute Gasteiger partial charge is 0.253 e. The summed E-state index contributed by atoms with van der Waals surface area (Å²) in [6, 6.07) is 10.8. The van der Waals surface area contributed by atoms with Crippen LogP contribution in [-0.4, -0.2) is 27.4 Å². The third kappa shape index (κ3) is 3.14. The van der Waals surface area contributed by atoms with Gasteiger partial charge in [-0.1, -0.05) is 12.1 Å². The summed E-state index contributed by atoms with van der Waals surface area (Å²) in [5.41, 5.74) is 2.16. The highest BCUT2D eigenvalue weighted by molar-refractivity contribution is 7.13. The molecule has 2 N–H and O–H groups in total. The van der Waals surface area contributed by atoms with Crippen molar-refractivity contribution in [1.82, 2.24) is 20.3 Å². The van der Waals surface area contributed by atoms with Gasteiger partial charge in [-0.3, -0.25) is 4.79 Å². The predicted octanol–water partition coefficient (Wildman–Crippen LogP) is 2.29. The van der Waals surface area contributed by atoms with Gasteiger partial charge in [-0.25, -0.2) is 9.97 Å². The van der Waals surface area contributed by atoms with Gasteiger partial charge in [0.25, 0.3) is 5.91 Å². The van der Waals surface area contributed by atoms with Gasteiger partial charge < -0.3 is 15.5 Å². The van der Waals surface area contributed by atoms with Gasteiger partial charge in [0, 0.05) is 24.9 Å². The fourth-order valence-corrected chi connectivity index (χ4v) is 3.35. The second-order valence-electron chi connectivity index (χ2n) is 5.64. The summed E-state index contributed by atoms with van der Waals surface area (Å²) in [7, 11) is 0. The van der Waals surface area contributed by atoms with Gasteiger partial charge in [0.2, 0.25) is 0 Å². The van der Waals surface area contributed by atoms with Crippen LogP contribution in [0.15, 0.2) is 54.2 Å². The number of thiophene rings is 1. The van der Waals surface area contributed by atoms with Crippen LogP contribution in [-0.2, 0) is 6.42 Å². The van der Waals surface area contributed by atoms with Crippen molar-refractivity contribution in [2.75, 3.05) is 6.54 Å².